The Kier molecular flexibility index (Phi) is 3.85. The Bertz CT molecular complexity index is 590. The predicted octanol–water partition coefficient (Wildman–Crippen LogP) is 2.54. The molecule has 1 heterocycles. The van der Waals surface area contributed by atoms with E-state index in [1.807, 2.05) is 26.0 Å². The van der Waals surface area contributed by atoms with E-state index in [1.165, 1.54) is 0 Å². The van der Waals surface area contributed by atoms with Crippen LogP contribution in [0, 0.1) is 6.92 Å². The minimum Gasteiger partial charge on any atom is -0.496 e. The van der Waals surface area contributed by atoms with E-state index in [9.17, 15) is 4.79 Å². The lowest BCUT2D eigenvalue weighted by Gasteiger charge is -2.08. The number of H-pyrrole nitrogens is 1. The van der Waals surface area contributed by atoms with Crippen molar-refractivity contribution in [2.24, 2.45) is 0 Å². The maximum absolute atomic E-state index is 12.2. The number of aryl methyl sites for hydroxylation is 2. The average Bonchev–Trinajstić information content (AvgIpc) is 2.86. The maximum atomic E-state index is 12.2. The lowest BCUT2D eigenvalue weighted by molar-refractivity contribution is 0.102. The number of aromatic amines is 1. The third-order valence-electron chi connectivity index (χ3n) is 2.85. The number of hydrogen-bond acceptors (Lipinski definition) is 3. The highest BCUT2D eigenvalue weighted by molar-refractivity contribution is 6.05. The summed E-state index contributed by atoms with van der Waals surface area (Å²) in [6.45, 7) is 3.95. The van der Waals surface area contributed by atoms with Gasteiger partial charge in [-0.1, -0.05) is 18.6 Å². The van der Waals surface area contributed by atoms with Gasteiger partial charge in [0.25, 0.3) is 5.91 Å². The number of methoxy groups -OCH3 is 1. The van der Waals surface area contributed by atoms with Crippen molar-refractivity contribution in [1.29, 1.82) is 0 Å². The van der Waals surface area contributed by atoms with Gasteiger partial charge in [0.2, 0.25) is 0 Å². The van der Waals surface area contributed by atoms with E-state index < -0.39 is 0 Å². The van der Waals surface area contributed by atoms with Crippen LogP contribution in [0.3, 0.4) is 0 Å². The molecule has 0 unspecified atom stereocenters. The van der Waals surface area contributed by atoms with Crippen LogP contribution in [0.1, 0.15) is 28.5 Å². The molecule has 1 amide bonds. The predicted molar refractivity (Wildman–Crippen MR) is 73.6 cm³/mol. The van der Waals surface area contributed by atoms with Gasteiger partial charge in [0.15, 0.2) is 5.82 Å². The summed E-state index contributed by atoms with van der Waals surface area (Å²) in [5.74, 6) is 0.842. The SMILES string of the molecule is CCc1cc(NC(=O)c2cc(C)ccc2OC)n[nH]1. The third kappa shape index (κ3) is 2.93. The third-order valence-corrected chi connectivity index (χ3v) is 2.85. The smallest absolute Gasteiger partial charge is 0.260 e. The number of carbonyl (C=O) groups excluding carboxylic acids is 1. The molecular formula is C14H17N3O2. The zero-order chi connectivity index (χ0) is 13.8. The van der Waals surface area contributed by atoms with E-state index in [1.54, 1.807) is 19.2 Å². The molecule has 100 valence electrons. The molecule has 19 heavy (non-hydrogen) atoms. The Morgan fingerprint density at radius 3 is 2.84 bits per heavy atom. The Labute approximate surface area is 112 Å². The summed E-state index contributed by atoms with van der Waals surface area (Å²) >= 11 is 0. The molecule has 0 aliphatic carbocycles. The molecule has 2 aromatic rings. The number of anilines is 1. The first-order valence-corrected chi connectivity index (χ1v) is 6.14. The quantitative estimate of drug-likeness (QED) is 0.886. The monoisotopic (exact) mass is 259 g/mol. The standard InChI is InChI=1S/C14H17N3O2/c1-4-10-8-13(17-16-10)15-14(18)11-7-9(2)5-6-12(11)19-3/h5-8H,4H2,1-3H3,(H2,15,16,17,18). The molecule has 0 atom stereocenters. The van der Waals surface area contributed by atoms with Crippen LogP contribution in [0.5, 0.6) is 5.75 Å². The van der Waals surface area contributed by atoms with Gasteiger partial charge in [0, 0.05) is 11.8 Å². The van der Waals surface area contributed by atoms with Crippen molar-refractivity contribution >= 4 is 11.7 Å². The molecule has 0 aliphatic heterocycles. The first-order valence-electron chi connectivity index (χ1n) is 6.14. The van der Waals surface area contributed by atoms with Crippen molar-refractivity contribution in [3.05, 3.63) is 41.1 Å². The van der Waals surface area contributed by atoms with E-state index in [-0.39, 0.29) is 5.91 Å². The Balaban J connectivity index is 2.21. The number of aromatic nitrogens is 2. The van der Waals surface area contributed by atoms with Crippen LogP contribution >= 0.6 is 0 Å². The topological polar surface area (TPSA) is 67.0 Å². The number of rotatable bonds is 4. The highest BCUT2D eigenvalue weighted by Gasteiger charge is 2.13. The molecule has 1 aromatic heterocycles. The Hall–Kier alpha value is -2.30. The number of nitrogens with one attached hydrogen (secondary N) is 2. The first-order chi connectivity index (χ1) is 9.13. The molecule has 1 aromatic carbocycles. The Morgan fingerprint density at radius 1 is 1.42 bits per heavy atom. The molecular weight excluding hydrogens is 242 g/mol. The van der Waals surface area contributed by atoms with Crippen molar-refractivity contribution < 1.29 is 9.53 Å². The molecule has 2 N–H and O–H groups in total. The van der Waals surface area contributed by atoms with Gasteiger partial charge in [-0.15, -0.1) is 0 Å². The average molecular weight is 259 g/mol. The molecule has 0 saturated heterocycles. The minimum absolute atomic E-state index is 0.227. The van der Waals surface area contributed by atoms with E-state index in [2.05, 4.69) is 15.5 Å². The summed E-state index contributed by atoms with van der Waals surface area (Å²) in [5.41, 5.74) is 2.48. The molecule has 2 rings (SSSR count). The largest absolute Gasteiger partial charge is 0.496 e. The summed E-state index contributed by atoms with van der Waals surface area (Å²) in [6.07, 6.45) is 0.844. The van der Waals surface area contributed by atoms with E-state index in [4.69, 9.17) is 4.74 Å². The number of nitrogens with zero attached hydrogens (tertiary/aromatic N) is 1. The minimum atomic E-state index is -0.227. The van der Waals surface area contributed by atoms with Crippen molar-refractivity contribution in [1.82, 2.24) is 10.2 Å². The number of benzene rings is 1. The van der Waals surface area contributed by atoms with Gasteiger partial charge in [0.1, 0.15) is 5.75 Å². The lowest BCUT2D eigenvalue weighted by Crippen LogP contribution is -2.13. The van der Waals surface area contributed by atoms with Crippen LogP contribution in [-0.2, 0) is 6.42 Å². The van der Waals surface area contributed by atoms with E-state index in [0.717, 1.165) is 17.7 Å². The molecule has 0 aliphatic rings. The molecule has 0 radical (unpaired) electrons. The molecule has 5 nitrogen and oxygen atoms in total. The molecule has 0 bridgehead atoms. The highest BCUT2D eigenvalue weighted by atomic mass is 16.5. The zero-order valence-electron chi connectivity index (χ0n) is 11.3. The highest BCUT2D eigenvalue weighted by Crippen LogP contribution is 2.20. The molecule has 0 spiro atoms. The second kappa shape index (κ2) is 5.56. The summed E-state index contributed by atoms with van der Waals surface area (Å²) in [6, 6.07) is 7.30. The fourth-order valence-corrected chi connectivity index (χ4v) is 1.79. The first kappa shape index (κ1) is 13.1. The molecule has 0 fully saturated rings. The summed E-state index contributed by atoms with van der Waals surface area (Å²) in [7, 11) is 1.55. The summed E-state index contributed by atoms with van der Waals surface area (Å²) in [4.78, 5) is 12.2. The summed E-state index contributed by atoms with van der Waals surface area (Å²) < 4.78 is 5.20. The van der Waals surface area contributed by atoms with Crippen LogP contribution < -0.4 is 10.1 Å². The van der Waals surface area contributed by atoms with E-state index in [0.29, 0.717) is 17.1 Å². The second-order valence-electron chi connectivity index (χ2n) is 4.29. The fraction of sp³-hybridized carbons (Fsp3) is 0.286. The van der Waals surface area contributed by atoms with Crippen molar-refractivity contribution in [3.63, 3.8) is 0 Å². The number of carbonyl (C=O) groups is 1. The number of ether oxygens (including phenoxy) is 1. The van der Waals surface area contributed by atoms with Crippen LogP contribution in [0.15, 0.2) is 24.3 Å². The zero-order valence-corrected chi connectivity index (χ0v) is 11.3. The molecule has 0 saturated carbocycles. The maximum Gasteiger partial charge on any atom is 0.260 e. The van der Waals surface area contributed by atoms with Gasteiger partial charge in [0.05, 0.1) is 12.7 Å². The normalized spacial score (nSPS) is 10.3. The van der Waals surface area contributed by atoms with Crippen molar-refractivity contribution in [3.8, 4) is 5.75 Å². The fourth-order valence-electron chi connectivity index (χ4n) is 1.79. The van der Waals surface area contributed by atoms with E-state index >= 15 is 0 Å². The lowest BCUT2D eigenvalue weighted by atomic mass is 10.1. The van der Waals surface area contributed by atoms with Gasteiger partial charge >= 0.3 is 0 Å². The number of hydrogen-bond donors (Lipinski definition) is 2. The van der Waals surface area contributed by atoms with Gasteiger partial charge < -0.3 is 10.1 Å². The van der Waals surface area contributed by atoms with Gasteiger partial charge in [-0.3, -0.25) is 9.89 Å². The van der Waals surface area contributed by atoms with Crippen LogP contribution in [0.25, 0.3) is 0 Å². The Morgan fingerprint density at radius 2 is 2.21 bits per heavy atom. The van der Waals surface area contributed by atoms with Gasteiger partial charge in [-0.05, 0) is 25.5 Å². The van der Waals surface area contributed by atoms with Gasteiger partial charge in [-0.2, -0.15) is 5.10 Å². The van der Waals surface area contributed by atoms with Crippen molar-refractivity contribution in [2.45, 2.75) is 20.3 Å². The van der Waals surface area contributed by atoms with Gasteiger partial charge in [-0.25, -0.2) is 0 Å². The summed E-state index contributed by atoms with van der Waals surface area (Å²) in [5, 5.41) is 9.64. The van der Waals surface area contributed by atoms with Crippen LogP contribution in [-0.4, -0.2) is 23.2 Å². The van der Waals surface area contributed by atoms with Crippen LogP contribution in [0.4, 0.5) is 5.82 Å². The molecule has 5 heteroatoms. The van der Waals surface area contributed by atoms with Crippen LogP contribution in [0.2, 0.25) is 0 Å². The van der Waals surface area contributed by atoms with Crippen molar-refractivity contribution in [2.75, 3.05) is 12.4 Å². The number of amides is 1. The second-order valence-corrected chi connectivity index (χ2v) is 4.29.